The molecular formula is C29H42N2O4. The van der Waals surface area contributed by atoms with Crippen LogP contribution in [0.1, 0.15) is 82.3 Å². The molecule has 0 radical (unpaired) electrons. The van der Waals surface area contributed by atoms with Crippen LogP contribution in [0.5, 0.6) is 5.75 Å². The Hall–Kier alpha value is -2.18. The minimum Gasteiger partial charge on any atom is -0.497 e. The summed E-state index contributed by atoms with van der Waals surface area (Å²) in [4.78, 5) is 18.3. The van der Waals surface area contributed by atoms with Gasteiger partial charge in [0.25, 0.3) is 0 Å². The number of benzene rings is 1. The van der Waals surface area contributed by atoms with Gasteiger partial charge in [-0.1, -0.05) is 32.1 Å². The van der Waals surface area contributed by atoms with Crippen molar-refractivity contribution in [1.82, 2.24) is 9.88 Å². The van der Waals surface area contributed by atoms with Crippen LogP contribution in [0.15, 0.2) is 30.5 Å². The Labute approximate surface area is 209 Å². The van der Waals surface area contributed by atoms with Crippen LogP contribution >= 0.6 is 0 Å². The quantitative estimate of drug-likeness (QED) is 0.419. The molecular weight excluding hydrogens is 440 g/mol. The van der Waals surface area contributed by atoms with Crippen LogP contribution < -0.4 is 4.74 Å². The van der Waals surface area contributed by atoms with E-state index in [1.807, 2.05) is 24.3 Å². The number of nitrogens with zero attached hydrogens (tertiary/aromatic N) is 2. The van der Waals surface area contributed by atoms with E-state index < -0.39 is 12.1 Å². The number of piperidine rings is 1. The third-order valence-corrected chi connectivity index (χ3v) is 8.44. The van der Waals surface area contributed by atoms with E-state index in [-0.39, 0.29) is 6.42 Å². The molecule has 1 aromatic heterocycles. The maximum absolute atomic E-state index is 11.3. The van der Waals surface area contributed by atoms with Crippen LogP contribution in [0.3, 0.4) is 0 Å². The predicted octanol–water partition coefficient (Wildman–Crippen LogP) is 5.83. The fraction of sp³-hybridized carbons (Fsp3) is 0.655. The molecule has 2 heterocycles. The van der Waals surface area contributed by atoms with Gasteiger partial charge in [0.05, 0.1) is 18.7 Å². The molecule has 6 nitrogen and oxygen atoms in total. The maximum atomic E-state index is 11.3. The summed E-state index contributed by atoms with van der Waals surface area (Å²) in [6.07, 6.45) is 13.0. The number of hydrogen-bond acceptors (Lipinski definition) is 5. The number of carboxylic acid groups (broad SMARTS) is 1. The van der Waals surface area contributed by atoms with Gasteiger partial charge in [-0.2, -0.15) is 0 Å². The summed E-state index contributed by atoms with van der Waals surface area (Å²) in [5, 5.41) is 21.4. The highest BCUT2D eigenvalue weighted by Crippen LogP contribution is 2.36. The van der Waals surface area contributed by atoms with Gasteiger partial charge in [0.1, 0.15) is 5.75 Å². The largest absolute Gasteiger partial charge is 0.497 e. The average Bonchev–Trinajstić information content (AvgIpc) is 2.89. The number of aliphatic carboxylic acids is 1. The highest BCUT2D eigenvalue weighted by molar-refractivity contribution is 5.83. The van der Waals surface area contributed by atoms with E-state index in [1.165, 1.54) is 38.5 Å². The van der Waals surface area contributed by atoms with Gasteiger partial charge in [-0.15, -0.1) is 0 Å². The Bertz CT molecular complexity index is 959. The molecule has 2 N–H and O–H groups in total. The first-order valence-electron chi connectivity index (χ1n) is 13.6. The van der Waals surface area contributed by atoms with Crippen LogP contribution in [0.4, 0.5) is 0 Å². The second-order valence-corrected chi connectivity index (χ2v) is 10.7. The van der Waals surface area contributed by atoms with E-state index in [0.29, 0.717) is 18.3 Å². The lowest BCUT2D eigenvalue weighted by Gasteiger charge is -2.39. The first kappa shape index (κ1) is 25.9. The maximum Gasteiger partial charge on any atom is 0.303 e. The molecule has 6 heteroatoms. The van der Waals surface area contributed by atoms with Crippen molar-refractivity contribution in [3.63, 3.8) is 0 Å². The molecule has 1 aliphatic heterocycles. The van der Waals surface area contributed by atoms with Gasteiger partial charge in [-0.25, -0.2) is 0 Å². The average molecular weight is 483 g/mol. The fourth-order valence-corrected chi connectivity index (χ4v) is 6.31. The smallest absolute Gasteiger partial charge is 0.303 e. The van der Waals surface area contributed by atoms with E-state index in [1.54, 1.807) is 13.3 Å². The van der Waals surface area contributed by atoms with Crippen molar-refractivity contribution >= 4 is 16.9 Å². The van der Waals surface area contributed by atoms with Gasteiger partial charge < -0.3 is 19.8 Å². The number of carbonyl (C=O) groups is 1. The topological polar surface area (TPSA) is 82.9 Å². The summed E-state index contributed by atoms with van der Waals surface area (Å²) in [6, 6.07) is 7.67. The standard InChI is InChI=1S/C29H42N2O4/c1-35-24-9-10-27-26(19-24)25(13-16-30-27)28(32)11-7-22-15-18-31(20-23(22)8-12-29(33)34)17-14-21-5-3-2-4-6-21/h9-10,13,16,19,21-23,28,32H,2-8,11-12,14-15,17-18,20H2,1H3,(H,33,34)/t22?,23?,28-/m0/s1. The third-order valence-electron chi connectivity index (χ3n) is 8.44. The predicted molar refractivity (Wildman–Crippen MR) is 139 cm³/mol. The Morgan fingerprint density at radius 3 is 2.71 bits per heavy atom. The highest BCUT2D eigenvalue weighted by atomic mass is 16.5. The Balaban J connectivity index is 1.36. The lowest BCUT2D eigenvalue weighted by molar-refractivity contribution is -0.137. The third kappa shape index (κ3) is 7.17. The molecule has 2 unspecified atom stereocenters. The molecule has 1 aromatic carbocycles. The van der Waals surface area contributed by atoms with E-state index in [2.05, 4.69) is 9.88 Å². The number of aliphatic hydroxyl groups excluding tert-OH is 1. The number of rotatable bonds is 11. The van der Waals surface area contributed by atoms with Crippen LogP contribution in [0.25, 0.3) is 10.9 Å². The number of aliphatic hydroxyl groups is 1. The van der Waals surface area contributed by atoms with Gasteiger partial charge in [0.15, 0.2) is 0 Å². The molecule has 0 amide bonds. The number of likely N-dealkylation sites (tertiary alicyclic amines) is 1. The number of aromatic nitrogens is 1. The molecule has 2 fully saturated rings. The number of hydrogen-bond donors (Lipinski definition) is 2. The molecule has 1 aliphatic carbocycles. The number of pyridine rings is 1. The molecule has 2 aromatic rings. The lowest BCUT2D eigenvalue weighted by Crippen LogP contribution is -2.41. The van der Waals surface area contributed by atoms with Crippen LogP contribution in [-0.4, -0.2) is 52.8 Å². The minimum atomic E-state index is -0.708. The van der Waals surface area contributed by atoms with E-state index in [4.69, 9.17) is 4.74 Å². The molecule has 35 heavy (non-hydrogen) atoms. The fourth-order valence-electron chi connectivity index (χ4n) is 6.31. The number of carboxylic acids is 1. The van der Waals surface area contributed by atoms with E-state index in [0.717, 1.165) is 67.0 Å². The normalized spacial score (nSPS) is 22.8. The molecule has 0 bridgehead atoms. The highest BCUT2D eigenvalue weighted by Gasteiger charge is 2.30. The van der Waals surface area contributed by atoms with Crippen molar-refractivity contribution in [1.29, 1.82) is 0 Å². The van der Waals surface area contributed by atoms with Crippen molar-refractivity contribution in [2.45, 2.75) is 76.7 Å². The Morgan fingerprint density at radius 1 is 1.11 bits per heavy atom. The van der Waals surface area contributed by atoms with Gasteiger partial charge in [0.2, 0.25) is 0 Å². The van der Waals surface area contributed by atoms with Crippen LogP contribution in [0.2, 0.25) is 0 Å². The summed E-state index contributed by atoms with van der Waals surface area (Å²) >= 11 is 0. The minimum absolute atomic E-state index is 0.231. The van der Waals surface area contributed by atoms with Crippen molar-refractivity contribution in [2.24, 2.45) is 17.8 Å². The zero-order valence-corrected chi connectivity index (χ0v) is 21.2. The first-order chi connectivity index (χ1) is 17.0. The summed E-state index contributed by atoms with van der Waals surface area (Å²) < 4.78 is 5.38. The number of fused-ring (bicyclic) bond motifs is 1. The second-order valence-electron chi connectivity index (χ2n) is 10.7. The molecule has 1 saturated carbocycles. The van der Waals surface area contributed by atoms with Crippen molar-refractivity contribution in [3.8, 4) is 5.75 Å². The van der Waals surface area contributed by atoms with Gasteiger partial charge in [0, 0.05) is 24.5 Å². The summed E-state index contributed by atoms with van der Waals surface area (Å²) in [5.41, 5.74) is 1.74. The first-order valence-corrected chi connectivity index (χ1v) is 13.6. The second kappa shape index (κ2) is 12.7. The van der Waals surface area contributed by atoms with E-state index in [9.17, 15) is 15.0 Å². The van der Waals surface area contributed by atoms with Gasteiger partial charge in [-0.3, -0.25) is 9.78 Å². The molecule has 3 atom stereocenters. The summed E-state index contributed by atoms with van der Waals surface area (Å²) in [7, 11) is 1.65. The van der Waals surface area contributed by atoms with Crippen molar-refractivity contribution in [2.75, 3.05) is 26.7 Å². The zero-order chi connectivity index (χ0) is 24.6. The monoisotopic (exact) mass is 482 g/mol. The number of methoxy groups -OCH3 is 1. The molecule has 0 spiro atoms. The molecule has 1 saturated heterocycles. The molecule has 192 valence electrons. The number of ether oxygens (including phenoxy) is 1. The zero-order valence-electron chi connectivity index (χ0n) is 21.2. The van der Waals surface area contributed by atoms with Crippen LogP contribution in [0, 0.1) is 17.8 Å². The van der Waals surface area contributed by atoms with Crippen molar-refractivity contribution in [3.05, 3.63) is 36.0 Å². The lowest BCUT2D eigenvalue weighted by atomic mass is 9.78. The van der Waals surface area contributed by atoms with Crippen molar-refractivity contribution < 1.29 is 19.7 Å². The summed E-state index contributed by atoms with van der Waals surface area (Å²) in [6.45, 7) is 3.23. The summed E-state index contributed by atoms with van der Waals surface area (Å²) in [5.74, 6) is 1.77. The Morgan fingerprint density at radius 2 is 1.94 bits per heavy atom. The van der Waals surface area contributed by atoms with Gasteiger partial charge >= 0.3 is 5.97 Å². The van der Waals surface area contributed by atoms with E-state index >= 15 is 0 Å². The molecule has 2 aliphatic rings. The Kier molecular flexibility index (Phi) is 9.38. The SMILES string of the molecule is COc1ccc2nccc([C@@H](O)CCC3CCN(CCC4CCCCC4)CC3CCC(=O)O)c2c1. The van der Waals surface area contributed by atoms with Gasteiger partial charge in [-0.05, 0) is 92.8 Å². The van der Waals surface area contributed by atoms with Crippen LogP contribution in [-0.2, 0) is 4.79 Å². The molecule has 4 rings (SSSR count).